The van der Waals surface area contributed by atoms with Gasteiger partial charge in [0.25, 0.3) is 0 Å². The van der Waals surface area contributed by atoms with Gasteiger partial charge in [0.1, 0.15) is 6.04 Å². The Morgan fingerprint density at radius 3 is 3.00 bits per heavy atom. The third-order valence-electron chi connectivity index (χ3n) is 3.64. The van der Waals surface area contributed by atoms with Crippen molar-refractivity contribution in [1.82, 2.24) is 4.90 Å². The quantitative estimate of drug-likeness (QED) is 0.888. The van der Waals surface area contributed by atoms with Crippen LogP contribution in [0.1, 0.15) is 24.8 Å². The van der Waals surface area contributed by atoms with Gasteiger partial charge in [0.05, 0.1) is 0 Å². The zero-order valence-corrected chi connectivity index (χ0v) is 11.5. The number of carboxylic acids is 1. The number of benzene rings is 1. The van der Waals surface area contributed by atoms with Gasteiger partial charge in [0.2, 0.25) is 0 Å². The van der Waals surface area contributed by atoms with E-state index in [2.05, 4.69) is 4.90 Å². The summed E-state index contributed by atoms with van der Waals surface area (Å²) in [6.45, 7) is 1.59. The van der Waals surface area contributed by atoms with E-state index in [1.165, 1.54) is 0 Å². The van der Waals surface area contributed by atoms with Crippen molar-refractivity contribution in [2.45, 2.75) is 37.9 Å². The van der Waals surface area contributed by atoms with E-state index in [1.54, 1.807) is 0 Å². The molecule has 1 aromatic carbocycles. The second kappa shape index (κ2) is 6.37. The highest BCUT2D eigenvalue weighted by molar-refractivity contribution is 6.30. The Kier molecular flexibility index (Phi) is 4.80. The smallest absolute Gasteiger partial charge is 0.322 e. The van der Waals surface area contributed by atoms with Gasteiger partial charge in [-0.2, -0.15) is 0 Å². The predicted octanol–water partition coefficient (Wildman–Crippen LogP) is 2.11. The van der Waals surface area contributed by atoms with Crippen LogP contribution in [-0.4, -0.2) is 34.6 Å². The number of halogens is 1. The van der Waals surface area contributed by atoms with E-state index in [1.807, 2.05) is 24.3 Å². The second-order valence-electron chi connectivity index (χ2n) is 5.03. The maximum Gasteiger partial charge on any atom is 0.322 e. The molecule has 0 saturated carbocycles. The number of nitrogens with two attached hydrogens (primary N) is 1. The van der Waals surface area contributed by atoms with Crippen LogP contribution in [0.25, 0.3) is 0 Å². The molecule has 0 bridgehead atoms. The lowest BCUT2D eigenvalue weighted by atomic mass is 9.95. The first kappa shape index (κ1) is 14.3. The van der Waals surface area contributed by atoms with Crippen molar-refractivity contribution in [3.05, 3.63) is 34.9 Å². The molecule has 5 heteroatoms. The summed E-state index contributed by atoms with van der Waals surface area (Å²) >= 11 is 5.97. The van der Waals surface area contributed by atoms with Crippen molar-refractivity contribution < 1.29 is 9.90 Å². The molecule has 1 fully saturated rings. The van der Waals surface area contributed by atoms with E-state index in [4.69, 9.17) is 22.4 Å². The van der Waals surface area contributed by atoms with Gasteiger partial charge in [-0.25, -0.2) is 0 Å². The zero-order chi connectivity index (χ0) is 13.8. The average molecular weight is 283 g/mol. The molecule has 0 amide bonds. The van der Waals surface area contributed by atoms with Crippen molar-refractivity contribution in [3.8, 4) is 0 Å². The molecule has 0 aliphatic carbocycles. The van der Waals surface area contributed by atoms with E-state index >= 15 is 0 Å². The van der Waals surface area contributed by atoms with E-state index in [0.29, 0.717) is 11.6 Å². The van der Waals surface area contributed by atoms with Crippen LogP contribution in [-0.2, 0) is 11.3 Å². The summed E-state index contributed by atoms with van der Waals surface area (Å²) in [4.78, 5) is 13.2. The van der Waals surface area contributed by atoms with Crippen LogP contribution < -0.4 is 5.73 Å². The number of nitrogens with zero attached hydrogens (tertiary/aromatic N) is 1. The van der Waals surface area contributed by atoms with E-state index in [0.717, 1.165) is 31.4 Å². The number of likely N-dealkylation sites (tertiary alicyclic amines) is 1. The first-order valence-electron chi connectivity index (χ1n) is 6.55. The van der Waals surface area contributed by atoms with Gasteiger partial charge in [-0.3, -0.25) is 9.69 Å². The van der Waals surface area contributed by atoms with Gasteiger partial charge in [-0.05, 0) is 37.1 Å². The normalized spacial score (nSPS) is 22.1. The molecule has 0 radical (unpaired) electrons. The molecule has 0 aromatic heterocycles. The molecule has 0 spiro atoms. The molecule has 104 valence electrons. The molecular formula is C14H19ClN2O2. The van der Waals surface area contributed by atoms with Crippen molar-refractivity contribution in [3.63, 3.8) is 0 Å². The van der Waals surface area contributed by atoms with Gasteiger partial charge in [0, 0.05) is 17.6 Å². The Morgan fingerprint density at radius 2 is 2.32 bits per heavy atom. The van der Waals surface area contributed by atoms with Crippen LogP contribution in [0.4, 0.5) is 0 Å². The van der Waals surface area contributed by atoms with E-state index < -0.39 is 12.0 Å². The molecule has 1 aliphatic heterocycles. The minimum absolute atomic E-state index is 0.0924. The Hall–Kier alpha value is -1.10. The number of carbonyl (C=O) groups is 1. The van der Waals surface area contributed by atoms with E-state index in [-0.39, 0.29) is 6.04 Å². The minimum Gasteiger partial charge on any atom is -0.480 e. The number of aliphatic carboxylic acids is 1. The molecule has 1 aliphatic rings. The first-order valence-corrected chi connectivity index (χ1v) is 6.92. The molecule has 19 heavy (non-hydrogen) atoms. The lowest BCUT2D eigenvalue weighted by Gasteiger charge is -2.37. The lowest BCUT2D eigenvalue weighted by Crippen LogP contribution is -2.53. The average Bonchev–Trinajstić information content (AvgIpc) is 2.38. The SMILES string of the molecule is NC(C(=O)O)C1CCCCN1Cc1cccc(Cl)c1. The Bertz CT molecular complexity index is 453. The monoisotopic (exact) mass is 282 g/mol. The van der Waals surface area contributed by atoms with E-state index in [9.17, 15) is 4.79 Å². The zero-order valence-electron chi connectivity index (χ0n) is 10.8. The third kappa shape index (κ3) is 3.69. The fourth-order valence-corrected chi connectivity index (χ4v) is 2.87. The van der Waals surface area contributed by atoms with Gasteiger partial charge in [0.15, 0.2) is 0 Å². The van der Waals surface area contributed by atoms with Crippen LogP contribution in [0.5, 0.6) is 0 Å². The molecule has 4 nitrogen and oxygen atoms in total. The molecule has 2 unspecified atom stereocenters. The Balaban J connectivity index is 2.09. The fourth-order valence-electron chi connectivity index (χ4n) is 2.65. The highest BCUT2D eigenvalue weighted by Crippen LogP contribution is 2.22. The van der Waals surface area contributed by atoms with Gasteiger partial charge in [-0.15, -0.1) is 0 Å². The van der Waals surface area contributed by atoms with Crippen LogP contribution in [0.2, 0.25) is 5.02 Å². The standard InChI is InChI=1S/C14H19ClN2O2/c15-11-5-3-4-10(8-11)9-17-7-2-1-6-12(17)13(16)14(18)19/h3-5,8,12-13H,1-2,6-7,9,16H2,(H,18,19). The highest BCUT2D eigenvalue weighted by atomic mass is 35.5. The van der Waals surface area contributed by atoms with Gasteiger partial charge in [-0.1, -0.05) is 30.2 Å². The molecule has 1 heterocycles. The molecule has 2 atom stereocenters. The maximum absolute atomic E-state index is 11.1. The minimum atomic E-state index is -0.928. The summed E-state index contributed by atoms with van der Waals surface area (Å²) < 4.78 is 0. The van der Waals surface area contributed by atoms with Crippen LogP contribution in [0.3, 0.4) is 0 Å². The maximum atomic E-state index is 11.1. The molecule has 3 N–H and O–H groups in total. The lowest BCUT2D eigenvalue weighted by molar-refractivity contribution is -0.140. The van der Waals surface area contributed by atoms with Crippen molar-refractivity contribution in [2.75, 3.05) is 6.54 Å². The molecular weight excluding hydrogens is 264 g/mol. The molecule has 1 saturated heterocycles. The van der Waals surface area contributed by atoms with Gasteiger partial charge < -0.3 is 10.8 Å². The topological polar surface area (TPSA) is 66.6 Å². The second-order valence-corrected chi connectivity index (χ2v) is 5.46. The largest absolute Gasteiger partial charge is 0.480 e. The summed E-state index contributed by atoms with van der Waals surface area (Å²) in [5.41, 5.74) is 6.89. The summed E-state index contributed by atoms with van der Waals surface area (Å²) in [6.07, 6.45) is 2.97. The van der Waals surface area contributed by atoms with Crippen LogP contribution in [0.15, 0.2) is 24.3 Å². The number of piperidine rings is 1. The van der Waals surface area contributed by atoms with Crippen molar-refractivity contribution >= 4 is 17.6 Å². The summed E-state index contributed by atoms with van der Waals surface area (Å²) in [7, 11) is 0. The fraction of sp³-hybridized carbons (Fsp3) is 0.500. The molecule has 2 rings (SSSR count). The molecule has 1 aromatic rings. The Labute approximate surface area is 118 Å². The van der Waals surface area contributed by atoms with Crippen LogP contribution >= 0.6 is 11.6 Å². The predicted molar refractivity (Wildman–Crippen MR) is 75.1 cm³/mol. The number of rotatable bonds is 4. The number of carboxylic acid groups (broad SMARTS) is 1. The van der Waals surface area contributed by atoms with Gasteiger partial charge >= 0.3 is 5.97 Å². The summed E-state index contributed by atoms with van der Waals surface area (Å²) in [6, 6.07) is 6.75. The Morgan fingerprint density at radius 1 is 1.53 bits per heavy atom. The van der Waals surface area contributed by atoms with Crippen LogP contribution in [0, 0.1) is 0 Å². The highest BCUT2D eigenvalue weighted by Gasteiger charge is 2.31. The first-order chi connectivity index (χ1) is 9.08. The van der Waals surface area contributed by atoms with Crippen molar-refractivity contribution in [1.29, 1.82) is 0 Å². The number of hydrogen-bond donors (Lipinski definition) is 2. The third-order valence-corrected chi connectivity index (χ3v) is 3.87. The summed E-state index contributed by atoms with van der Waals surface area (Å²) in [5, 5.41) is 9.79. The van der Waals surface area contributed by atoms with Crippen molar-refractivity contribution in [2.24, 2.45) is 5.73 Å². The number of hydrogen-bond acceptors (Lipinski definition) is 3. The summed E-state index contributed by atoms with van der Waals surface area (Å²) in [5.74, 6) is -0.928.